The molecule has 7 nitrogen and oxygen atoms in total. The topological polar surface area (TPSA) is 78.2 Å². The summed E-state index contributed by atoms with van der Waals surface area (Å²) >= 11 is 1.80. The number of thioether (sulfide) groups is 1. The molecule has 39 heavy (non-hydrogen) atoms. The molecule has 0 spiro atoms. The lowest BCUT2D eigenvalue weighted by molar-refractivity contribution is 0.103. The van der Waals surface area contributed by atoms with Crippen molar-refractivity contribution in [3.8, 4) is 16.9 Å². The van der Waals surface area contributed by atoms with E-state index in [2.05, 4.69) is 34.8 Å². The molecule has 1 unspecified atom stereocenters. The second kappa shape index (κ2) is 9.47. The number of amides is 1. The molecule has 0 saturated carbocycles. The number of aromatic nitrogens is 3. The largest absolute Gasteiger partial charge is 0.497 e. The average Bonchev–Trinajstić information content (AvgIpc) is 3.65. The maximum atomic E-state index is 14.2. The molecule has 0 aliphatic carbocycles. The number of ketones is 1. The Bertz CT molecular complexity index is 1720. The molecule has 1 aliphatic heterocycles. The van der Waals surface area contributed by atoms with Crippen LogP contribution in [0.2, 0.25) is 0 Å². The zero-order valence-corrected chi connectivity index (χ0v) is 23.0. The number of hydrogen-bond acceptors (Lipinski definition) is 5. The third-order valence-electron chi connectivity index (χ3n) is 7.26. The molecule has 1 atom stereocenters. The summed E-state index contributed by atoms with van der Waals surface area (Å²) in [5.74, 6) is 0.669. The Balaban J connectivity index is 1.46. The Hall–Kier alpha value is -4.30. The zero-order chi connectivity index (χ0) is 27.3. The molecule has 4 heterocycles. The minimum Gasteiger partial charge on any atom is -0.497 e. The molecule has 1 N–H and O–H groups in total. The van der Waals surface area contributed by atoms with Gasteiger partial charge in [-0.2, -0.15) is 0 Å². The maximum absolute atomic E-state index is 14.2. The Kier molecular flexibility index (Phi) is 6.07. The SMILES string of the molecule is CNC(=O)n1cc(C(=O)c2ccn3c2C(C)(C)SC3c2cccnc2)c2ccc(-c3ccc(OC)cc3)cc21. The number of methoxy groups -OCH3 is 1. The fraction of sp³-hybridized carbons (Fsp3) is 0.194. The summed E-state index contributed by atoms with van der Waals surface area (Å²) < 4.78 is 8.68. The lowest BCUT2D eigenvalue weighted by Gasteiger charge is -2.18. The number of hydrogen-bond donors (Lipinski definition) is 1. The van der Waals surface area contributed by atoms with Gasteiger partial charge in [-0.05, 0) is 55.3 Å². The summed E-state index contributed by atoms with van der Waals surface area (Å²) in [5.41, 5.74) is 5.80. The number of ether oxygens (including phenoxy) is 1. The van der Waals surface area contributed by atoms with Crippen LogP contribution in [0, 0.1) is 0 Å². The molecule has 196 valence electrons. The van der Waals surface area contributed by atoms with E-state index in [-0.39, 0.29) is 21.9 Å². The fourth-order valence-corrected chi connectivity index (χ4v) is 6.86. The van der Waals surface area contributed by atoms with Crippen LogP contribution in [0.1, 0.15) is 46.4 Å². The quantitative estimate of drug-likeness (QED) is 0.261. The van der Waals surface area contributed by atoms with Gasteiger partial charge in [-0.15, -0.1) is 11.8 Å². The van der Waals surface area contributed by atoms with Gasteiger partial charge in [-0.3, -0.25) is 14.3 Å². The Morgan fingerprint density at radius 3 is 2.49 bits per heavy atom. The Morgan fingerprint density at radius 2 is 1.79 bits per heavy atom. The van der Waals surface area contributed by atoms with Gasteiger partial charge in [0, 0.05) is 59.6 Å². The van der Waals surface area contributed by atoms with Crippen molar-refractivity contribution >= 4 is 34.5 Å². The lowest BCUT2D eigenvalue weighted by atomic mass is 9.96. The van der Waals surface area contributed by atoms with Gasteiger partial charge in [-0.25, -0.2) is 4.79 Å². The number of nitrogens with one attached hydrogen (secondary N) is 1. The number of carbonyl (C=O) groups excluding carboxylic acids is 2. The van der Waals surface area contributed by atoms with E-state index < -0.39 is 0 Å². The van der Waals surface area contributed by atoms with E-state index in [1.54, 1.807) is 38.3 Å². The van der Waals surface area contributed by atoms with Crippen molar-refractivity contribution < 1.29 is 14.3 Å². The highest BCUT2D eigenvalue weighted by atomic mass is 32.2. The van der Waals surface area contributed by atoms with Crippen molar-refractivity contribution in [2.24, 2.45) is 0 Å². The standard InChI is InChI=1S/C31H28N4O3S/c1-31(2)28-24(13-15-34(28)29(39-31)21-6-5-14-33-17-21)27(36)25-18-35(30(37)32-3)26-16-20(9-12-23(25)26)19-7-10-22(38-4)11-8-19/h5-18,29H,1-4H3,(H,32,37). The van der Waals surface area contributed by atoms with Gasteiger partial charge in [0.2, 0.25) is 0 Å². The number of benzene rings is 2. The first kappa shape index (κ1) is 25.0. The first-order valence-corrected chi connectivity index (χ1v) is 13.6. The van der Waals surface area contributed by atoms with Crippen molar-refractivity contribution in [2.75, 3.05) is 14.2 Å². The van der Waals surface area contributed by atoms with Crippen LogP contribution in [0.15, 0.2) is 85.5 Å². The van der Waals surface area contributed by atoms with Crippen LogP contribution >= 0.6 is 11.8 Å². The van der Waals surface area contributed by atoms with E-state index in [0.717, 1.165) is 33.5 Å². The average molecular weight is 537 g/mol. The first-order chi connectivity index (χ1) is 18.8. The summed E-state index contributed by atoms with van der Waals surface area (Å²) in [4.78, 5) is 31.3. The van der Waals surface area contributed by atoms with E-state index in [4.69, 9.17) is 4.74 Å². The van der Waals surface area contributed by atoms with Crippen molar-refractivity contribution in [3.05, 3.63) is 108 Å². The third-order valence-corrected chi connectivity index (χ3v) is 8.77. The van der Waals surface area contributed by atoms with E-state index >= 15 is 0 Å². The number of fused-ring (bicyclic) bond motifs is 2. The van der Waals surface area contributed by atoms with Crippen LogP contribution in [0.3, 0.4) is 0 Å². The van der Waals surface area contributed by atoms with Crippen molar-refractivity contribution in [2.45, 2.75) is 24.0 Å². The van der Waals surface area contributed by atoms with Crippen LogP contribution in [0.25, 0.3) is 22.0 Å². The second-order valence-corrected chi connectivity index (χ2v) is 11.7. The molecule has 1 amide bonds. The zero-order valence-electron chi connectivity index (χ0n) is 22.1. The normalized spacial score (nSPS) is 15.7. The number of carbonyl (C=O) groups is 2. The maximum Gasteiger partial charge on any atom is 0.325 e. The molecule has 5 aromatic rings. The Labute approximate surface area is 230 Å². The highest BCUT2D eigenvalue weighted by molar-refractivity contribution is 8.00. The predicted molar refractivity (Wildman–Crippen MR) is 155 cm³/mol. The van der Waals surface area contributed by atoms with Gasteiger partial charge in [0.25, 0.3) is 0 Å². The van der Waals surface area contributed by atoms with Crippen LogP contribution in [-0.4, -0.2) is 40.1 Å². The molecule has 2 aromatic carbocycles. The van der Waals surface area contributed by atoms with E-state index in [0.29, 0.717) is 16.6 Å². The molecule has 6 rings (SSSR count). The van der Waals surface area contributed by atoms with Gasteiger partial charge >= 0.3 is 6.03 Å². The van der Waals surface area contributed by atoms with Crippen molar-refractivity contribution in [1.29, 1.82) is 0 Å². The molecule has 3 aromatic heterocycles. The Morgan fingerprint density at radius 1 is 1.03 bits per heavy atom. The lowest BCUT2D eigenvalue weighted by Crippen LogP contribution is -2.23. The number of pyridine rings is 1. The van der Waals surface area contributed by atoms with Gasteiger partial charge in [0.1, 0.15) is 11.1 Å². The summed E-state index contributed by atoms with van der Waals surface area (Å²) in [6, 6.07) is 19.2. The molecule has 0 saturated heterocycles. The summed E-state index contributed by atoms with van der Waals surface area (Å²) in [6.45, 7) is 4.29. The third kappa shape index (κ3) is 4.12. The smallest absolute Gasteiger partial charge is 0.325 e. The first-order valence-electron chi connectivity index (χ1n) is 12.7. The summed E-state index contributed by atoms with van der Waals surface area (Å²) in [6.07, 6.45) is 7.28. The highest BCUT2D eigenvalue weighted by Gasteiger charge is 2.42. The van der Waals surface area contributed by atoms with Gasteiger partial charge in [0.05, 0.1) is 17.4 Å². The predicted octanol–water partition coefficient (Wildman–Crippen LogP) is 6.46. The van der Waals surface area contributed by atoms with Crippen molar-refractivity contribution in [1.82, 2.24) is 19.4 Å². The van der Waals surface area contributed by atoms with Gasteiger partial charge in [-0.1, -0.05) is 30.3 Å². The summed E-state index contributed by atoms with van der Waals surface area (Å²) in [5, 5.41) is 3.46. The van der Waals surface area contributed by atoms with Gasteiger partial charge < -0.3 is 14.6 Å². The fourth-order valence-electron chi connectivity index (χ4n) is 5.41. The van der Waals surface area contributed by atoms with Crippen molar-refractivity contribution in [3.63, 3.8) is 0 Å². The van der Waals surface area contributed by atoms with Crippen LogP contribution in [-0.2, 0) is 4.75 Å². The molecular weight excluding hydrogens is 508 g/mol. The van der Waals surface area contributed by atoms with Crippen LogP contribution in [0.4, 0.5) is 4.79 Å². The molecule has 1 aliphatic rings. The molecule has 0 radical (unpaired) electrons. The van der Waals surface area contributed by atoms with E-state index in [9.17, 15) is 9.59 Å². The molecular formula is C31H28N4O3S. The van der Waals surface area contributed by atoms with E-state index in [1.807, 2.05) is 67.0 Å². The molecule has 0 bridgehead atoms. The number of rotatable bonds is 5. The highest BCUT2D eigenvalue weighted by Crippen LogP contribution is 2.54. The van der Waals surface area contributed by atoms with E-state index in [1.165, 1.54) is 4.57 Å². The molecule has 0 fully saturated rings. The van der Waals surface area contributed by atoms with Crippen LogP contribution < -0.4 is 10.1 Å². The van der Waals surface area contributed by atoms with Gasteiger partial charge in [0.15, 0.2) is 5.78 Å². The van der Waals surface area contributed by atoms with Crippen LogP contribution in [0.5, 0.6) is 5.75 Å². The summed E-state index contributed by atoms with van der Waals surface area (Å²) in [7, 11) is 3.22. The molecule has 8 heteroatoms. The second-order valence-electron chi connectivity index (χ2n) is 10.0. The minimum atomic E-state index is -0.305. The minimum absolute atomic E-state index is 0.0320. The monoisotopic (exact) mass is 536 g/mol. The number of nitrogens with zero attached hydrogens (tertiary/aromatic N) is 3.